The van der Waals surface area contributed by atoms with Crippen LogP contribution in [-0.4, -0.2) is 11.0 Å². The summed E-state index contributed by atoms with van der Waals surface area (Å²) in [7, 11) is 0. The largest absolute Gasteiger partial charge is 0.323 e. The van der Waals surface area contributed by atoms with Gasteiger partial charge in [0, 0.05) is 16.4 Å². The number of anilines is 2. The van der Waals surface area contributed by atoms with Crippen molar-refractivity contribution in [3.05, 3.63) is 52.3 Å². The second-order valence-corrected chi connectivity index (χ2v) is 5.15. The number of nitrogens with zero attached hydrogens (tertiary/aromatic N) is 1. The zero-order valence-corrected chi connectivity index (χ0v) is 12.3. The summed E-state index contributed by atoms with van der Waals surface area (Å²) in [6, 6.07) is 7.21. The Labute approximate surface area is 120 Å². The second-order valence-electron chi connectivity index (χ2n) is 4.24. The van der Waals surface area contributed by atoms with Crippen LogP contribution in [0.5, 0.6) is 0 Å². The summed E-state index contributed by atoms with van der Waals surface area (Å²) in [5.41, 5.74) is 3.50. The number of amides is 2. The van der Waals surface area contributed by atoms with Crippen molar-refractivity contribution in [1.82, 2.24) is 4.98 Å². The average molecular weight is 320 g/mol. The van der Waals surface area contributed by atoms with Gasteiger partial charge in [0.2, 0.25) is 0 Å². The fraction of sp³-hybridized carbons (Fsp3) is 0.143. The van der Waals surface area contributed by atoms with Crippen LogP contribution in [0.1, 0.15) is 11.1 Å². The summed E-state index contributed by atoms with van der Waals surface area (Å²) >= 11 is 3.43. The molecule has 0 aliphatic heterocycles. The van der Waals surface area contributed by atoms with Crippen LogP contribution in [0, 0.1) is 13.8 Å². The van der Waals surface area contributed by atoms with E-state index in [2.05, 4.69) is 31.5 Å². The van der Waals surface area contributed by atoms with Gasteiger partial charge in [-0.2, -0.15) is 0 Å². The molecular formula is C14H14BrN3O. The maximum Gasteiger partial charge on any atom is 0.323 e. The quantitative estimate of drug-likeness (QED) is 0.875. The van der Waals surface area contributed by atoms with E-state index in [-0.39, 0.29) is 6.03 Å². The molecule has 2 N–H and O–H groups in total. The molecule has 0 radical (unpaired) electrons. The number of nitrogens with one attached hydrogen (secondary N) is 2. The molecule has 0 atom stereocenters. The van der Waals surface area contributed by atoms with Crippen LogP contribution in [0.3, 0.4) is 0 Å². The van der Waals surface area contributed by atoms with Crippen molar-refractivity contribution < 1.29 is 4.79 Å². The van der Waals surface area contributed by atoms with Gasteiger partial charge < -0.3 is 10.6 Å². The lowest BCUT2D eigenvalue weighted by molar-refractivity contribution is 0.262. The highest BCUT2D eigenvalue weighted by atomic mass is 79.9. The van der Waals surface area contributed by atoms with E-state index < -0.39 is 0 Å². The van der Waals surface area contributed by atoms with Gasteiger partial charge >= 0.3 is 6.03 Å². The van der Waals surface area contributed by atoms with Crippen molar-refractivity contribution in [3.8, 4) is 0 Å². The van der Waals surface area contributed by atoms with Crippen LogP contribution >= 0.6 is 15.9 Å². The van der Waals surface area contributed by atoms with Crippen molar-refractivity contribution in [3.63, 3.8) is 0 Å². The van der Waals surface area contributed by atoms with Crippen molar-refractivity contribution in [2.75, 3.05) is 10.6 Å². The van der Waals surface area contributed by atoms with Gasteiger partial charge in [0.1, 0.15) is 0 Å². The van der Waals surface area contributed by atoms with Gasteiger partial charge in [0.25, 0.3) is 0 Å². The number of aryl methyl sites for hydroxylation is 2. The third-order valence-electron chi connectivity index (χ3n) is 2.66. The van der Waals surface area contributed by atoms with E-state index in [0.29, 0.717) is 5.69 Å². The Morgan fingerprint density at radius 3 is 2.47 bits per heavy atom. The monoisotopic (exact) mass is 319 g/mol. The van der Waals surface area contributed by atoms with Crippen molar-refractivity contribution in [2.45, 2.75) is 13.8 Å². The van der Waals surface area contributed by atoms with E-state index >= 15 is 0 Å². The van der Waals surface area contributed by atoms with E-state index in [9.17, 15) is 4.79 Å². The molecule has 0 fully saturated rings. The maximum absolute atomic E-state index is 11.9. The Morgan fingerprint density at radius 1 is 1.21 bits per heavy atom. The number of carbonyl (C=O) groups is 1. The standard InChI is InChI=1S/C14H14BrN3O/c1-9-6-11(15)7-10(2)13(9)18-14(19)17-12-4-3-5-16-8-12/h3-8H,1-2H3,(H2,17,18,19). The third kappa shape index (κ3) is 3.54. The number of urea groups is 1. The topological polar surface area (TPSA) is 54.0 Å². The summed E-state index contributed by atoms with van der Waals surface area (Å²) in [5.74, 6) is 0. The SMILES string of the molecule is Cc1cc(Br)cc(C)c1NC(=O)Nc1cccnc1. The van der Waals surface area contributed by atoms with E-state index in [0.717, 1.165) is 21.3 Å². The number of aromatic nitrogens is 1. The number of pyridine rings is 1. The normalized spacial score (nSPS) is 10.1. The van der Waals surface area contributed by atoms with Gasteiger partial charge in [0.15, 0.2) is 0 Å². The van der Waals surface area contributed by atoms with E-state index in [1.165, 1.54) is 0 Å². The zero-order chi connectivity index (χ0) is 13.8. The Hall–Kier alpha value is -1.88. The molecule has 0 spiro atoms. The molecule has 1 heterocycles. The molecule has 2 aromatic rings. The molecule has 98 valence electrons. The molecule has 0 bridgehead atoms. The summed E-state index contributed by atoms with van der Waals surface area (Å²) in [6.45, 7) is 3.91. The average Bonchev–Trinajstić information content (AvgIpc) is 2.35. The minimum absolute atomic E-state index is 0.276. The first-order chi connectivity index (χ1) is 9.06. The van der Waals surface area contributed by atoms with Gasteiger partial charge in [-0.1, -0.05) is 15.9 Å². The predicted octanol–water partition coefficient (Wildman–Crippen LogP) is 4.10. The molecule has 2 rings (SSSR count). The first-order valence-electron chi connectivity index (χ1n) is 5.81. The van der Waals surface area contributed by atoms with Gasteiger partial charge in [-0.05, 0) is 49.2 Å². The summed E-state index contributed by atoms with van der Waals surface area (Å²) < 4.78 is 1.00. The molecule has 1 aromatic carbocycles. The predicted molar refractivity (Wildman–Crippen MR) is 80.5 cm³/mol. The number of benzene rings is 1. The Bertz CT molecular complexity index is 576. The molecule has 2 amide bonds. The van der Waals surface area contributed by atoms with Crippen molar-refractivity contribution >= 4 is 33.3 Å². The molecule has 0 saturated heterocycles. The second kappa shape index (κ2) is 5.84. The molecule has 4 nitrogen and oxygen atoms in total. The lowest BCUT2D eigenvalue weighted by Gasteiger charge is -2.13. The lowest BCUT2D eigenvalue weighted by atomic mass is 10.1. The fourth-order valence-corrected chi connectivity index (χ4v) is 2.51. The Morgan fingerprint density at radius 2 is 1.89 bits per heavy atom. The molecule has 19 heavy (non-hydrogen) atoms. The lowest BCUT2D eigenvalue weighted by Crippen LogP contribution is -2.20. The minimum Gasteiger partial charge on any atom is -0.307 e. The van der Waals surface area contributed by atoms with Gasteiger partial charge in [0.05, 0.1) is 11.9 Å². The first kappa shape index (κ1) is 13.5. The van der Waals surface area contributed by atoms with Gasteiger partial charge in [-0.25, -0.2) is 4.79 Å². The molecule has 0 saturated carbocycles. The van der Waals surface area contributed by atoms with Crippen LogP contribution in [0.15, 0.2) is 41.1 Å². The molecule has 0 aliphatic rings. The van der Waals surface area contributed by atoms with E-state index in [1.54, 1.807) is 24.5 Å². The number of halogens is 1. The van der Waals surface area contributed by atoms with E-state index in [4.69, 9.17) is 0 Å². The highest BCUT2D eigenvalue weighted by molar-refractivity contribution is 9.10. The highest BCUT2D eigenvalue weighted by Crippen LogP contribution is 2.25. The molecular weight excluding hydrogens is 306 g/mol. The number of hydrogen-bond acceptors (Lipinski definition) is 2. The molecule has 0 unspecified atom stereocenters. The maximum atomic E-state index is 11.9. The number of hydrogen-bond donors (Lipinski definition) is 2. The van der Waals surface area contributed by atoms with Crippen LogP contribution in [0.4, 0.5) is 16.2 Å². The summed E-state index contributed by atoms with van der Waals surface area (Å²) in [6.07, 6.45) is 3.26. The highest BCUT2D eigenvalue weighted by Gasteiger charge is 2.08. The van der Waals surface area contributed by atoms with E-state index in [1.807, 2.05) is 26.0 Å². The molecule has 5 heteroatoms. The van der Waals surface area contributed by atoms with Crippen LogP contribution in [-0.2, 0) is 0 Å². The number of rotatable bonds is 2. The third-order valence-corrected chi connectivity index (χ3v) is 3.11. The zero-order valence-electron chi connectivity index (χ0n) is 10.7. The smallest absolute Gasteiger partial charge is 0.307 e. The molecule has 0 aliphatic carbocycles. The van der Waals surface area contributed by atoms with Crippen LogP contribution in [0.25, 0.3) is 0 Å². The van der Waals surface area contributed by atoms with Crippen molar-refractivity contribution in [2.24, 2.45) is 0 Å². The summed E-state index contributed by atoms with van der Waals surface area (Å²) in [5, 5.41) is 5.59. The summed E-state index contributed by atoms with van der Waals surface area (Å²) in [4.78, 5) is 15.9. The van der Waals surface area contributed by atoms with Crippen LogP contribution < -0.4 is 10.6 Å². The van der Waals surface area contributed by atoms with Gasteiger partial charge in [-0.15, -0.1) is 0 Å². The van der Waals surface area contributed by atoms with Crippen LogP contribution in [0.2, 0.25) is 0 Å². The minimum atomic E-state index is -0.276. The first-order valence-corrected chi connectivity index (χ1v) is 6.60. The Kier molecular flexibility index (Phi) is 4.16. The number of carbonyl (C=O) groups excluding carboxylic acids is 1. The molecule has 1 aromatic heterocycles. The Balaban J connectivity index is 2.12. The fourth-order valence-electron chi connectivity index (χ4n) is 1.82. The van der Waals surface area contributed by atoms with Gasteiger partial charge in [-0.3, -0.25) is 4.98 Å². The van der Waals surface area contributed by atoms with Crippen molar-refractivity contribution in [1.29, 1.82) is 0 Å².